The number of likely N-dealkylation sites (tertiary alicyclic amines) is 1. The quantitative estimate of drug-likeness (QED) is 0.817. The fraction of sp³-hybridized carbons (Fsp3) is 0.667. The van der Waals surface area contributed by atoms with Crippen molar-refractivity contribution in [3.63, 3.8) is 0 Å². The Morgan fingerprint density at radius 1 is 1.50 bits per heavy atom. The van der Waals surface area contributed by atoms with Crippen molar-refractivity contribution in [2.24, 2.45) is 0 Å². The standard InChI is InChI=1S/C12H20N4O3S/c1-20(18,19)14-11-4-2-7-15(10-11)12(17)5-9-16-8-3-6-13-16/h3,6,8,11,14H,2,4-5,7,9-10H2,1H3. The number of carbonyl (C=O) groups excluding carboxylic acids is 1. The molecule has 0 spiro atoms. The van der Waals surface area contributed by atoms with E-state index in [4.69, 9.17) is 0 Å². The summed E-state index contributed by atoms with van der Waals surface area (Å²) in [6.45, 7) is 1.69. The summed E-state index contributed by atoms with van der Waals surface area (Å²) in [6, 6.07) is 1.64. The summed E-state index contributed by atoms with van der Waals surface area (Å²) in [6.07, 6.45) is 6.62. The van der Waals surface area contributed by atoms with Crippen LogP contribution in [0.4, 0.5) is 0 Å². The van der Waals surface area contributed by atoms with Crippen molar-refractivity contribution in [3.8, 4) is 0 Å². The number of piperidine rings is 1. The van der Waals surface area contributed by atoms with Crippen molar-refractivity contribution in [3.05, 3.63) is 18.5 Å². The monoisotopic (exact) mass is 300 g/mol. The van der Waals surface area contributed by atoms with Gasteiger partial charge in [0.25, 0.3) is 0 Å². The van der Waals surface area contributed by atoms with E-state index in [1.54, 1.807) is 15.8 Å². The van der Waals surface area contributed by atoms with Gasteiger partial charge >= 0.3 is 0 Å². The van der Waals surface area contributed by atoms with E-state index in [0.29, 0.717) is 26.1 Å². The zero-order chi connectivity index (χ0) is 14.6. The lowest BCUT2D eigenvalue weighted by Gasteiger charge is -2.32. The van der Waals surface area contributed by atoms with Crippen LogP contribution in [-0.2, 0) is 21.4 Å². The summed E-state index contributed by atoms with van der Waals surface area (Å²) in [7, 11) is -3.22. The predicted molar refractivity (Wildman–Crippen MR) is 74.4 cm³/mol. The molecule has 0 saturated carbocycles. The maximum absolute atomic E-state index is 12.1. The van der Waals surface area contributed by atoms with Gasteiger partial charge in [-0.15, -0.1) is 0 Å². The molecule has 0 aliphatic carbocycles. The van der Waals surface area contributed by atoms with Crippen LogP contribution < -0.4 is 4.72 Å². The van der Waals surface area contributed by atoms with Gasteiger partial charge in [0.2, 0.25) is 15.9 Å². The van der Waals surface area contributed by atoms with Crippen molar-refractivity contribution in [2.75, 3.05) is 19.3 Å². The molecule has 1 atom stereocenters. The molecule has 112 valence electrons. The third-order valence-corrected chi connectivity index (χ3v) is 4.03. The number of aromatic nitrogens is 2. The summed E-state index contributed by atoms with van der Waals surface area (Å²) >= 11 is 0. The Labute approximate surface area is 119 Å². The first-order valence-electron chi connectivity index (χ1n) is 6.66. The molecular formula is C12H20N4O3S. The van der Waals surface area contributed by atoms with Crippen molar-refractivity contribution in [2.45, 2.75) is 31.8 Å². The number of hydrogen-bond acceptors (Lipinski definition) is 4. The molecule has 0 bridgehead atoms. The Bertz CT molecular complexity index is 541. The normalized spacial score (nSPS) is 20.1. The van der Waals surface area contributed by atoms with E-state index >= 15 is 0 Å². The summed E-state index contributed by atoms with van der Waals surface area (Å²) in [5, 5.41) is 4.05. The average Bonchev–Trinajstić information content (AvgIpc) is 2.87. The Hall–Kier alpha value is -1.41. The van der Waals surface area contributed by atoms with Crippen LogP contribution in [-0.4, -0.2) is 54.4 Å². The Kier molecular flexibility index (Phi) is 4.77. The highest BCUT2D eigenvalue weighted by molar-refractivity contribution is 7.88. The van der Waals surface area contributed by atoms with Crippen LogP contribution >= 0.6 is 0 Å². The second-order valence-corrected chi connectivity index (χ2v) is 6.87. The number of nitrogens with zero attached hydrogens (tertiary/aromatic N) is 3. The van der Waals surface area contributed by atoms with E-state index < -0.39 is 10.0 Å². The van der Waals surface area contributed by atoms with Crippen molar-refractivity contribution in [1.29, 1.82) is 0 Å². The van der Waals surface area contributed by atoms with Gasteiger partial charge in [0.05, 0.1) is 6.26 Å². The van der Waals surface area contributed by atoms with Crippen molar-refractivity contribution < 1.29 is 13.2 Å². The summed E-state index contributed by atoms with van der Waals surface area (Å²) in [4.78, 5) is 13.8. The zero-order valence-corrected chi connectivity index (χ0v) is 12.3. The third-order valence-electron chi connectivity index (χ3n) is 3.27. The van der Waals surface area contributed by atoms with Gasteiger partial charge in [0.1, 0.15) is 0 Å². The minimum Gasteiger partial charge on any atom is -0.341 e. The van der Waals surface area contributed by atoms with Crippen molar-refractivity contribution >= 4 is 15.9 Å². The molecule has 1 unspecified atom stereocenters. The van der Waals surface area contributed by atoms with E-state index in [1.165, 1.54) is 0 Å². The molecule has 7 nitrogen and oxygen atoms in total. The number of nitrogens with one attached hydrogen (secondary N) is 1. The van der Waals surface area contributed by atoms with E-state index in [1.807, 2.05) is 12.3 Å². The van der Waals surface area contributed by atoms with Crippen LogP contribution in [0, 0.1) is 0 Å². The topological polar surface area (TPSA) is 84.3 Å². The number of hydrogen-bond donors (Lipinski definition) is 1. The molecule has 1 N–H and O–H groups in total. The molecule has 1 amide bonds. The van der Waals surface area contributed by atoms with Gasteiger partial charge in [0, 0.05) is 44.5 Å². The molecule has 1 aromatic heterocycles. The van der Waals surface area contributed by atoms with Gasteiger partial charge in [-0.05, 0) is 18.9 Å². The lowest BCUT2D eigenvalue weighted by atomic mass is 10.1. The summed E-state index contributed by atoms with van der Waals surface area (Å²) in [5.41, 5.74) is 0. The number of carbonyl (C=O) groups is 1. The van der Waals surface area contributed by atoms with Gasteiger partial charge in [-0.3, -0.25) is 9.48 Å². The second-order valence-electron chi connectivity index (χ2n) is 5.09. The molecule has 20 heavy (non-hydrogen) atoms. The molecule has 2 rings (SSSR count). The smallest absolute Gasteiger partial charge is 0.224 e. The zero-order valence-electron chi connectivity index (χ0n) is 11.5. The number of amides is 1. The largest absolute Gasteiger partial charge is 0.341 e. The molecule has 1 saturated heterocycles. The van der Waals surface area contributed by atoms with Gasteiger partial charge in [-0.25, -0.2) is 13.1 Å². The Balaban J connectivity index is 1.83. The molecule has 8 heteroatoms. The van der Waals surface area contributed by atoms with Crippen LogP contribution in [0.2, 0.25) is 0 Å². The molecule has 2 heterocycles. The molecule has 1 aliphatic rings. The second kappa shape index (κ2) is 6.36. The lowest BCUT2D eigenvalue weighted by Crippen LogP contribution is -2.49. The molecule has 0 radical (unpaired) electrons. The van der Waals surface area contributed by atoms with E-state index in [0.717, 1.165) is 19.1 Å². The summed E-state index contributed by atoms with van der Waals surface area (Å²) < 4.78 is 26.8. The number of aryl methyl sites for hydroxylation is 1. The molecule has 0 aromatic carbocycles. The molecule has 1 aromatic rings. The fourth-order valence-corrected chi connectivity index (χ4v) is 3.20. The van der Waals surface area contributed by atoms with E-state index in [-0.39, 0.29) is 11.9 Å². The highest BCUT2D eigenvalue weighted by Crippen LogP contribution is 2.12. The van der Waals surface area contributed by atoms with Gasteiger partial charge in [-0.1, -0.05) is 0 Å². The minimum atomic E-state index is -3.22. The van der Waals surface area contributed by atoms with Gasteiger partial charge < -0.3 is 4.90 Å². The molecular weight excluding hydrogens is 280 g/mol. The van der Waals surface area contributed by atoms with Crippen LogP contribution in [0.5, 0.6) is 0 Å². The van der Waals surface area contributed by atoms with E-state index in [2.05, 4.69) is 9.82 Å². The van der Waals surface area contributed by atoms with Gasteiger partial charge in [0.15, 0.2) is 0 Å². The molecule has 1 aliphatic heterocycles. The first kappa shape index (κ1) is 15.0. The van der Waals surface area contributed by atoms with Crippen LogP contribution in [0.25, 0.3) is 0 Å². The fourth-order valence-electron chi connectivity index (χ4n) is 2.40. The maximum Gasteiger partial charge on any atom is 0.224 e. The first-order chi connectivity index (χ1) is 9.44. The number of rotatable bonds is 5. The Morgan fingerprint density at radius 2 is 2.30 bits per heavy atom. The highest BCUT2D eigenvalue weighted by Gasteiger charge is 2.25. The highest BCUT2D eigenvalue weighted by atomic mass is 32.2. The minimum absolute atomic E-state index is 0.0421. The SMILES string of the molecule is CS(=O)(=O)NC1CCCN(C(=O)CCn2cccn2)C1. The maximum atomic E-state index is 12.1. The lowest BCUT2D eigenvalue weighted by molar-refractivity contribution is -0.132. The average molecular weight is 300 g/mol. The summed E-state index contributed by atoms with van der Waals surface area (Å²) in [5.74, 6) is 0.0421. The first-order valence-corrected chi connectivity index (χ1v) is 8.56. The molecule has 1 fully saturated rings. The Morgan fingerprint density at radius 3 is 2.95 bits per heavy atom. The van der Waals surface area contributed by atoms with Crippen LogP contribution in [0.1, 0.15) is 19.3 Å². The van der Waals surface area contributed by atoms with Crippen LogP contribution in [0.3, 0.4) is 0 Å². The van der Waals surface area contributed by atoms with Crippen LogP contribution in [0.15, 0.2) is 18.5 Å². The van der Waals surface area contributed by atoms with Crippen molar-refractivity contribution in [1.82, 2.24) is 19.4 Å². The van der Waals surface area contributed by atoms with E-state index in [9.17, 15) is 13.2 Å². The van der Waals surface area contributed by atoms with Gasteiger partial charge in [-0.2, -0.15) is 5.10 Å². The number of sulfonamides is 1. The third kappa shape index (κ3) is 4.61. The predicted octanol–water partition coefficient (Wildman–Crippen LogP) is -0.187.